The van der Waals surface area contributed by atoms with Gasteiger partial charge in [-0.3, -0.25) is 0 Å². The van der Waals surface area contributed by atoms with Crippen LogP contribution in [0.4, 0.5) is 4.39 Å². The number of halogens is 1. The van der Waals surface area contributed by atoms with Gasteiger partial charge in [-0.25, -0.2) is 4.39 Å². The maximum atomic E-state index is 13.1. The maximum Gasteiger partial charge on any atom is 0.112 e. The summed E-state index contributed by atoms with van der Waals surface area (Å²) in [5.74, 6) is 0.590. The highest BCUT2D eigenvalue weighted by atomic mass is 19.1. The molecule has 0 spiro atoms. The summed E-state index contributed by atoms with van der Waals surface area (Å²) in [7, 11) is 0. The van der Waals surface area contributed by atoms with Crippen molar-refractivity contribution < 1.29 is 4.39 Å². The minimum Gasteiger partial charge on any atom is -0.328 e. The molecule has 1 atom stereocenters. The number of rotatable bonds is 4. The third-order valence-corrected chi connectivity index (χ3v) is 2.19. The minimum absolute atomic E-state index is 0.0718. The normalized spacial score (nSPS) is 23.7. The van der Waals surface area contributed by atoms with E-state index in [9.17, 15) is 4.39 Å². The first-order valence-electron chi connectivity index (χ1n) is 4.46. The standard InChI is InChI=1S/C9H18FN/c1-7(2)5-8(11)6-9(10)3-4-9/h7-8H,3-6,11H2,1-2H3. The smallest absolute Gasteiger partial charge is 0.112 e. The summed E-state index contributed by atoms with van der Waals surface area (Å²) >= 11 is 0. The van der Waals surface area contributed by atoms with E-state index in [0.29, 0.717) is 12.3 Å². The van der Waals surface area contributed by atoms with Crippen LogP contribution in [0.3, 0.4) is 0 Å². The summed E-state index contributed by atoms with van der Waals surface area (Å²) in [6.07, 6.45) is 2.99. The lowest BCUT2D eigenvalue weighted by Crippen LogP contribution is -2.26. The molecule has 0 radical (unpaired) electrons. The van der Waals surface area contributed by atoms with Gasteiger partial charge >= 0.3 is 0 Å². The summed E-state index contributed by atoms with van der Waals surface area (Å²) in [5.41, 5.74) is 4.89. The largest absolute Gasteiger partial charge is 0.328 e. The Labute approximate surface area is 68.2 Å². The van der Waals surface area contributed by atoms with Gasteiger partial charge in [-0.05, 0) is 31.6 Å². The number of hydrogen-bond donors (Lipinski definition) is 1. The molecule has 0 aliphatic heterocycles. The molecule has 0 aromatic carbocycles. The fourth-order valence-corrected chi connectivity index (χ4v) is 1.50. The summed E-state index contributed by atoms with van der Waals surface area (Å²) in [6.45, 7) is 4.25. The van der Waals surface area contributed by atoms with Crippen LogP contribution in [-0.2, 0) is 0 Å². The highest BCUT2D eigenvalue weighted by molar-refractivity contribution is 4.96. The van der Waals surface area contributed by atoms with Gasteiger partial charge in [0.2, 0.25) is 0 Å². The van der Waals surface area contributed by atoms with Crippen LogP contribution in [0.2, 0.25) is 0 Å². The zero-order chi connectivity index (χ0) is 8.48. The molecule has 1 fully saturated rings. The van der Waals surface area contributed by atoms with E-state index in [1.807, 2.05) is 0 Å². The molecule has 1 unspecified atom stereocenters. The van der Waals surface area contributed by atoms with Crippen LogP contribution in [0.5, 0.6) is 0 Å². The van der Waals surface area contributed by atoms with Gasteiger partial charge in [0.15, 0.2) is 0 Å². The Morgan fingerprint density at radius 2 is 2.00 bits per heavy atom. The van der Waals surface area contributed by atoms with E-state index in [-0.39, 0.29) is 6.04 Å². The lowest BCUT2D eigenvalue weighted by Gasteiger charge is -2.15. The highest BCUT2D eigenvalue weighted by Crippen LogP contribution is 2.43. The molecule has 0 heterocycles. The van der Waals surface area contributed by atoms with Crippen molar-refractivity contribution in [2.24, 2.45) is 11.7 Å². The molecule has 1 nitrogen and oxygen atoms in total. The van der Waals surface area contributed by atoms with E-state index in [2.05, 4.69) is 13.8 Å². The van der Waals surface area contributed by atoms with Crippen LogP contribution in [0.1, 0.15) is 39.5 Å². The van der Waals surface area contributed by atoms with Crippen molar-refractivity contribution in [1.29, 1.82) is 0 Å². The first-order chi connectivity index (χ1) is 5.02. The molecule has 66 valence electrons. The highest BCUT2D eigenvalue weighted by Gasteiger charge is 2.43. The average molecular weight is 159 g/mol. The van der Waals surface area contributed by atoms with E-state index < -0.39 is 5.67 Å². The average Bonchev–Trinajstić information content (AvgIpc) is 2.44. The van der Waals surface area contributed by atoms with Gasteiger partial charge in [-0.2, -0.15) is 0 Å². The first-order valence-corrected chi connectivity index (χ1v) is 4.46. The van der Waals surface area contributed by atoms with Crippen LogP contribution in [0.25, 0.3) is 0 Å². The minimum atomic E-state index is -0.867. The van der Waals surface area contributed by atoms with E-state index in [4.69, 9.17) is 5.73 Å². The fraction of sp³-hybridized carbons (Fsp3) is 1.00. The van der Waals surface area contributed by atoms with Crippen LogP contribution in [-0.4, -0.2) is 11.7 Å². The van der Waals surface area contributed by atoms with Gasteiger partial charge in [-0.15, -0.1) is 0 Å². The van der Waals surface area contributed by atoms with Crippen molar-refractivity contribution in [2.75, 3.05) is 0 Å². The Balaban J connectivity index is 2.15. The summed E-state index contributed by atoms with van der Waals surface area (Å²) in [6, 6.07) is 0.0718. The zero-order valence-corrected chi connectivity index (χ0v) is 7.44. The Morgan fingerprint density at radius 1 is 1.45 bits per heavy atom. The van der Waals surface area contributed by atoms with Crippen molar-refractivity contribution >= 4 is 0 Å². The molecule has 1 aliphatic rings. The topological polar surface area (TPSA) is 26.0 Å². The predicted molar refractivity (Wildman–Crippen MR) is 45.1 cm³/mol. The first kappa shape index (κ1) is 8.98. The molecule has 2 N–H and O–H groups in total. The van der Waals surface area contributed by atoms with E-state index in [1.165, 1.54) is 0 Å². The van der Waals surface area contributed by atoms with Gasteiger partial charge in [0, 0.05) is 6.04 Å². The molecule has 0 aromatic rings. The second-order valence-electron chi connectivity index (χ2n) is 4.24. The molecule has 1 saturated carbocycles. The molecule has 1 aliphatic carbocycles. The summed E-state index contributed by atoms with van der Waals surface area (Å²) in [5, 5.41) is 0. The maximum absolute atomic E-state index is 13.1. The molecule has 0 bridgehead atoms. The van der Waals surface area contributed by atoms with Crippen LogP contribution < -0.4 is 5.73 Å². The molecule has 2 heteroatoms. The van der Waals surface area contributed by atoms with Gasteiger partial charge in [0.05, 0.1) is 0 Å². The van der Waals surface area contributed by atoms with Crippen molar-refractivity contribution in [3.05, 3.63) is 0 Å². The van der Waals surface area contributed by atoms with Crippen LogP contribution in [0.15, 0.2) is 0 Å². The van der Waals surface area contributed by atoms with Gasteiger partial charge in [0.25, 0.3) is 0 Å². The van der Waals surface area contributed by atoms with Gasteiger partial charge in [-0.1, -0.05) is 13.8 Å². The monoisotopic (exact) mass is 159 g/mol. The van der Waals surface area contributed by atoms with Crippen molar-refractivity contribution in [2.45, 2.75) is 51.2 Å². The Morgan fingerprint density at radius 3 is 2.36 bits per heavy atom. The number of alkyl halides is 1. The Hall–Kier alpha value is -0.110. The summed E-state index contributed by atoms with van der Waals surface area (Å²) < 4.78 is 13.1. The van der Waals surface area contributed by atoms with Crippen molar-refractivity contribution in [3.63, 3.8) is 0 Å². The SMILES string of the molecule is CC(C)CC(N)CC1(F)CC1. The van der Waals surface area contributed by atoms with Crippen molar-refractivity contribution in [3.8, 4) is 0 Å². The molecule has 11 heavy (non-hydrogen) atoms. The number of hydrogen-bond acceptors (Lipinski definition) is 1. The van der Waals surface area contributed by atoms with Gasteiger partial charge in [0.1, 0.15) is 5.67 Å². The lowest BCUT2D eigenvalue weighted by molar-refractivity contribution is 0.260. The predicted octanol–water partition coefficient (Wildman–Crippen LogP) is 2.25. The van der Waals surface area contributed by atoms with Crippen LogP contribution in [0, 0.1) is 5.92 Å². The lowest BCUT2D eigenvalue weighted by atomic mass is 9.99. The summed E-state index contributed by atoms with van der Waals surface area (Å²) in [4.78, 5) is 0. The second kappa shape index (κ2) is 3.10. The molecule has 0 saturated heterocycles. The van der Waals surface area contributed by atoms with Crippen molar-refractivity contribution in [1.82, 2.24) is 0 Å². The van der Waals surface area contributed by atoms with Gasteiger partial charge < -0.3 is 5.73 Å². The molecule has 0 amide bonds. The quantitative estimate of drug-likeness (QED) is 0.669. The third-order valence-electron chi connectivity index (χ3n) is 2.19. The molecular weight excluding hydrogens is 141 g/mol. The molecule has 1 rings (SSSR count). The second-order valence-corrected chi connectivity index (χ2v) is 4.24. The Bertz CT molecular complexity index is 130. The third kappa shape index (κ3) is 3.19. The van der Waals surface area contributed by atoms with E-state index in [0.717, 1.165) is 19.3 Å². The Kier molecular flexibility index (Phi) is 2.53. The van der Waals surface area contributed by atoms with Crippen LogP contribution >= 0.6 is 0 Å². The van der Waals surface area contributed by atoms with E-state index >= 15 is 0 Å². The fourth-order valence-electron chi connectivity index (χ4n) is 1.50. The molecule has 0 aromatic heterocycles. The number of nitrogens with two attached hydrogens (primary N) is 1. The molecular formula is C9H18FN. The van der Waals surface area contributed by atoms with E-state index in [1.54, 1.807) is 0 Å². The zero-order valence-electron chi connectivity index (χ0n) is 7.44.